The number of nitrogens with one attached hydrogen (secondary N) is 2. The van der Waals surface area contributed by atoms with Crippen LogP contribution >= 0.6 is 11.3 Å². The van der Waals surface area contributed by atoms with Crippen LogP contribution in [0.3, 0.4) is 0 Å². The molecule has 0 spiro atoms. The van der Waals surface area contributed by atoms with Crippen molar-refractivity contribution < 1.29 is 18.7 Å². The highest BCUT2D eigenvalue weighted by molar-refractivity contribution is 7.15. The van der Waals surface area contributed by atoms with Crippen LogP contribution < -0.4 is 15.4 Å². The molecule has 28 heavy (non-hydrogen) atoms. The first-order valence-corrected chi connectivity index (χ1v) is 9.47. The lowest BCUT2D eigenvalue weighted by Gasteiger charge is -2.26. The highest BCUT2D eigenvalue weighted by Gasteiger charge is 2.25. The van der Waals surface area contributed by atoms with Crippen LogP contribution in [0.25, 0.3) is 0 Å². The molecule has 1 aliphatic heterocycles. The van der Waals surface area contributed by atoms with Crippen LogP contribution in [0.2, 0.25) is 0 Å². The number of ether oxygens (including phenoxy) is 1. The predicted octanol–water partition coefficient (Wildman–Crippen LogP) is 3.59. The smallest absolute Gasteiger partial charge is 0.322 e. The molecule has 2 N–H and O–H groups in total. The Morgan fingerprint density at radius 2 is 2.14 bits per heavy atom. The number of hydrogen-bond donors (Lipinski definition) is 2. The Bertz CT molecular complexity index is 999. The van der Waals surface area contributed by atoms with Gasteiger partial charge in [-0.25, -0.2) is 9.78 Å². The third kappa shape index (κ3) is 3.84. The van der Waals surface area contributed by atoms with E-state index in [-0.39, 0.29) is 17.7 Å². The molecule has 3 heterocycles. The van der Waals surface area contributed by atoms with Crippen LogP contribution in [0.4, 0.5) is 15.6 Å². The number of nitrogens with zero attached hydrogens (tertiary/aromatic N) is 2. The number of methoxy groups -OCH3 is 1. The summed E-state index contributed by atoms with van der Waals surface area (Å²) in [6, 6.07) is 10.3. The number of hydrogen-bond acceptors (Lipinski definition) is 6. The van der Waals surface area contributed by atoms with Crippen LogP contribution in [-0.4, -0.2) is 35.5 Å². The van der Waals surface area contributed by atoms with Crippen molar-refractivity contribution in [1.29, 1.82) is 0 Å². The molecule has 8 nitrogen and oxygen atoms in total. The minimum atomic E-state index is -0.344. The zero-order valence-corrected chi connectivity index (χ0v) is 15.9. The number of carbonyl (C=O) groups is 2. The van der Waals surface area contributed by atoms with Crippen molar-refractivity contribution >= 4 is 34.1 Å². The number of anilines is 2. The molecule has 3 aromatic rings. The number of urea groups is 1. The van der Waals surface area contributed by atoms with Crippen LogP contribution in [0.1, 0.15) is 21.1 Å². The first-order chi connectivity index (χ1) is 13.6. The van der Waals surface area contributed by atoms with Gasteiger partial charge in [0.25, 0.3) is 5.91 Å². The van der Waals surface area contributed by atoms with Crippen molar-refractivity contribution in [1.82, 2.24) is 9.88 Å². The molecule has 0 atom stereocenters. The molecule has 144 valence electrons. The summed E-state index contributed by atoms with van der Waals surface area (Å²) in [5.41, 5.74) is 1.58. The van der Waals surface area contributed by atoms with Crippen molar-refractivity contribution in [2.75, 3.05) is 24.3 Å². The van der Waals surface area contributed by atoms with E-state index >= 15 is 0 Å². The van der Waals surface area contributed by atoms with Gasteiger partial charge in [-0.2, -0.15) is 0 Å². The predicted molar refractivity (Wildman–Crippen MR) is 105 cm³/mol. The molecule has 0 saturated carbocycles. The molecule has 0 bridgehead atoms. The molecule has 2 aromatic heterocycles. The van der Waals surface area contributed by atoms with Gasteiger partial charge in [0.05, 0.1) is 25.6 Å². The minimum Gasteiger partial charge on any atom is -0.497 e. The Balaban J connectivity index is 1.41. The SMILES string of the molecule is COc1cccc(NC(=O)N2CCc3nc(NC(=O)c4ccco4)sc3C2)c1. The maximum atomic E-state index is 12.6. The number of fused-ring (bicyclic) bond motifs is 1. The summed E-state index contributed by atoms with van der Waals surface area (Å²) >= 11 is 1.37. The standard InChI is InChI=1S/C19H18N4O4S/c1-26-13-5-2-4-12(10-13)20-19(25)23-8-7-14-16(11-23)28-18(21-14)22-17(24)15-6-3-9-27-15/h2-6,9-10H,7-8,11H2,1H3,(H,20,25)(H,21,22,24). The summed E-state index contributed by atoms with van der Waals surface area (Å²) in [5, 5.41) is 6.12. The third-order valence-corrected chi connectivity index (χ3v) is 5.30. The van der Waals surface area contributed by atoms with E-state index in [4.69, 9.17) is 9.15 Å². The molecule has 0 fully saturated rings. The van der Waals surface area contributed by atoms with E-state index in [0.717, 1.165) is 10.6 Å². The zero-order chi connectivity index (χ0) is 19.5. The average Bonchev–Trinajstić information content (AvgIpc) is 3.37. The molecule has 1 aromatic carbocycles. The van der Waals surface area contributed by atoms with Gasteiger partial charge in [-0.3, -0.25) is 10.1 Å². The number of benzene rings is 1. The van der Waals surface area contributed by atoms with Crippen molar-refractivity contribution in [3.05, 3.63) is 59.0 Å². The van der Waals surface area contributed by atoms with Gasteiger partial charge < -0.3 is 19.4 Å². The number of thiazole rings is 1. The fourth-order valence-electron chi connectivity index (χ4n) is 2.89. The summed E-state index contributed by atoms with van der Waals surface area (Å²) in [6.07, 6.45) is 2.08. The zero-order valence-electron chi connectivity index (χ0n) is 15.1. The van der Waals surface area contributed by atoms with Gasteiger partial charge in [-0.15, -0.1) is 0 Å². The van der Waals surface area contributed by atoms with Gasteiger partial charge >= 0.3 is 6.03 Å². The fraction of sp³-hybridized carbons (Fsp3) is 0.211. The Hall–Kier alpha value is -3.33. The Labute approximate surface area is 165 Å². The van der Waals surface area contributed by atoms with E-state index in [1.807, 2.05) is 18.2 Å². The largest absolute Gasteiger partial charge is 0.497 e. The minimum absolute atomic E-state index is 0.187. The number of amides is 3. The normalized spacial score (nSPS) is 13.0. The molecule has 3 amide bonds. The molecule has 0 aliphatic carbocycles. The van der Waals surface area contributed by atoms with Gasteiger partial charge in [0.2, 0.25) is 0 Å². The lowest BCUT2D eigenvalue weighted by Crippen LogP contribution is -2.38. The first kappa shape index (κ1) is 18.1. The summed E-state index contributed by atoms with van der Waals surface area (Å²) < 4.78 is 10.3. The lowest BCUT2D eigenvalue weighted by atomic mass is 10.2. The second kappa shape index (κ2) is 7.73. The van der Waals surface area contributed by atoms with E-state index in [0.29, 0.717) is 36.1 Å². The molecular formula is C19H18N4O4S. The number of rotatable bonds is 4. The van der Waals surface area contributed by atoms with E-state index < -0.39 is 0 Å². The summed E-state index contributed by atoms with van der Waals surface area (Å²) in [5.74, 6) is 0.564. The van der Waals surface area contributed by atoms with Crippen LogP contribution in [0.15, 0.2) is 47.1 Å². The van der Waals surface area contributed by atoms with Crippen LogP contribution in [0, 0.1) is 0 Å². The second-order valence-corrected chi connectivity index (χ2v) is 7.24. The molecule has 0 unspecified atom stereocenters. The van der Waals surface area contributed by atoms with E-state index in [1.165, 1.54) is 17.6 Å². The Kier molecular flexibility index (Phi) is 4.98. The Morgan fingerprint density at radius 1 is 1.25 bits per heavy atom. The molecule has 0 radical (unpaired) electrons. The highest BCUT2D eigenvalue weighted by atomic mass is 32.1. The van der Waals surface area contributed by atoms with Crippen molar-refractivity contribution in [2.24, 2.45) is 0 Å². The van der Waals surface area contributed by atoms with Crippen molar-refractivity contribution in [3.63, 3.8) is 0 Å². The second-order valence-electron chi connectivity index (χ2n) is 6.15. The summed E-state index contributed by atoms with van der Waals surface area (Å²) in [7, 11) is 1.58. The van der Waals surface area contributed by atoms with Gasteiger partial charge in [0.15, 0.2) is 10.9 Å². The number of carbonyl (C=O) groups excluding carboxylic acids is 2. The van der Waals surface area contributed by atoms with Gasteiger partial charge in [-0.05, 0) is 24.3 Å². The van der Waals surface area contributed by atoms with Crippen LogP contribution in [0.5, 0.6) is 5.75 Å². The molecule has 9 heteroatoms. The average molecular weight is 398 g/mol. The number of furan rings is 1. The first-order valence-electron chi connectivity index (χ1n) is 8.66. The lowest BCUT2D eigenvalue weighted by molar-refractivity contribution is 0.0996. The Morgan fingerprint density at radius 3 is 2.93 bits per heavy atom. The quantitative estimate of drug-likeness (QED) is 0.700. The molecule has 0 saturated heterocycles. The van der Waals surface area contributed by atoms with Crippen molar-refractivity contribution in [3.8, 4) is 5.75 Å². The van der Waals surface area contributed by atoms with E-state index in [9.17, 15) is 9.59 Å². The van der Waals surface area contributed by atoms with Gasteiger partial charge in [0, 0.05) is 29.6 Å². The number of aromatic nitrogens is 1. The highest BCUT2D eigenvalue weighted by Crippen LogP contribution is 2.29. The van der Waals surface area contributed by atoms with Crippen molar-refractivity contribution in [2.45, 2.75) is 13.0 Å². The fourth-order valence-corrected chi connectivity index (χ4v) is 3.91. The van der Waals surface area contributed by atoms with Gasteiger partial charge in [0.1, 0.15) is 5.75 Å². The summed E-state index contributed by atoms with van der Waals surface area (Å²) in [6.45, 7) is 0.998. The van der Waals surface area contributed by atoms with Crippen LogP contribution in [-0.2, 0) is 13.0 Å². The maximum absolute atomic E-state index is 12.6. The van der Waals surface area contributed by atoms with Gasteiger partial charge in [-0.1, -0.05) is 17.4 Å². The monoisotopic (exact) mass is 398 g/mol. The maximum Gasteiger partial charge on any atom is 0.322 e. The molecule has 4 rings (SSSR count). The molecule has 1 aliphatic rings. The molecular weight excluding hydrogens is 380 g/mol. The topological polar surface area (TPSA) is 96.7 Å². The van der Waals surface area contributed by atoms with E-state index in [1.54, 1.807) is 30.2 Å². The van der Waals surface area contributed by atoms with E-state index in [2.05, 4.69) is 15.6 Å². The third-order valence-electron chi connectivity index (χ3n) is 4.30. The summed E-state index contributed by atoms with van der Waals surface area (Å²) in [4.78, 5) is 31.8.